The number of thiophene rings is 1. The molecule has 1 aliphatic heterocycles. The quantitative estimate of drug-likeness (QED) is 0.631. The second kappa shape index (κ2) is 7.55. The lowest BCUT2D eigenvalue weighted by Crippen LogP contribution is -2.38. The zero-order chi connectivity index (χ0) is 17.9. The molecule has 4 rings (SSSR count). The standard InChI is InChI=1S/C19H18N2O3S2/c22-17(21-10-4-1-5-11-21)12-24-19(23)16-9-8-15(25-16)18-20-13-6-2-3-7-14(13)26-18/h2-3,6-9H,1,4-5,10-12H2. The molecule has 5 nitrogen and oxygen atoms in total. The van der Waals surface area contributed by atoms with Crippen LogP contribution >= 0.6 is 22.7 Å². The predicted molar refractivity (Wildman–Crippen MR) is 104 cm³/mol. The molecule has 0 aliphatic carbocycles. The molecular weight excluding hydrogens is 368 g/mol. The van der Waals surface area contributed by atoms with Crippen molar-refractivity contribution >= 4 is 44.8 Å². The van der Waals surface area contributed by atoms with Crippen molar-refractivity contribution in [1.82, 2.24) is 9.88 Å². The van der Waals surface area contributed by atoms with Crippen molar-refractivity contribution in [3.8, 4) is 9.88 Å². The van der Waals surface area contributed by atoms with E-state index in [0.717, 1.165) is 52.5 Å². The number of likely N-dealkylation sites (tertiary alicyclic amines) is 1. The van der Waals surface area contributed by atoms with Crippen LogP contribution in [0.4, 0.5) is 0 Å². The Morgan fingerprint density at radius 1 is 1.04 bits per heavy atom. The fourth-order valence-corrected chi connectivity index (χ4v) is 4.89. The van der Waals surface area contributed by atoms with Gasteiger partial charge in [-0.15, -0.1) is 22.7 Å². The molecule has 3 aromatic rings. The minimum absolute atomic E-state index is 0.110. The van der Waals surface area contributed by atoms with Crippen molar-refractivity contribution in [1.29, 1.82) is 0 Å². The third kappa shape index (κ3) is 3.64. The zero-order valence-corrected chi connectivity index (χ0v) is 15.8. The van der Waals surface area contributed by atoms with Gasteiger partial charge in [0.15, 0.2) is 6.61 Å². The monoisotopic (exact) mass is 386 g/mol. The van der Waals surface area contributed by atoms with Gasteiger partial charge in [0.25, 0.3) is 5.91 Å². The van der Waals surface area contributed by atoms with Crippen LogP contribution in [0.25, 0.3) is 20.1 Å². The molecule has 0 saturated carbocycles. The molecule has 0 spiro atoms. The smallest absolute Gasteiger partial charge is 0.348 e. The second-order valence-electron chi connectivity index (χ2n) is 6.17. The normalized spacial score (nSPS) is 14.5. The van der Waals surface area contributed by atoms with Gasteiger partial charge in [-0.3, -0.25) is 4.79 Å². The van der Waals surface area contributed by atoms with Gasteiger partial charge < -0.3 is 9.64 Å². The molecule has 7 heteroatoms. The zero-order valence-electron chi connectivity index (χ0n) is 14.1. The van der Waals surface area contributed by atoms with E-state index in [1.54, 1.807) is 22.3 Å². The number of hydrogen-bond donors (Lipinski definition) is 0. The Morgan fingerprint density at radius 3 is 2.65 bits per heavy atom. The van der Waals surface area contributed by atoms with Crippen LogP contribution in [0, 0.1) is 0 Å². The van der Waals surface area contributed by atoms with Gasteiger partial charge in [0, 0.05) is 13.1 Å². The van der Waals surface area contributed by atoms with E-state index in [0.29, 0.717) is 4.88 Å². The van der Waals surface area contributed by atoms with Crippen LogP contribution in [-0.2, 0) is 9.53 Å². The molecule has 134 valence electrons. The third-order valence-corrected chi connectivity index (χ3v) is 6.62. The summed E-state index contributed by atoms with van der Waals surface area (Å²) in [6.07, 6.45) is 3.21. The Morgan fingerprint density at radius 2 is 1.85 bits per heavy atom. The van der Waals surface area contributed by atoms with E-state index >= 15 is 0 Å². The summed E-state index contributed by atoms with van der Waals surface area (Å²) in [6.45, 7) is 1.33. The molecule has 0 radical (unpaired) electrons. The maximum absolute atomic E-state index is 12.2. The number of ether oxygens (including phenoxy) is 1. The minimum atomic E-state index is -0.451. The van der Waals surface area contributed by atoms with Crippen LogP contribution in [0.3, 0.4) is 0 Å². The summed E-state index contributed by atoms with van der Waals surface area (Å²) in [4.78, 5) is 32.2. The van der Waals surface area contributed by atoms with E-state index in [1.807, 2.05) is 30.3 Å². The Bertz CT molecular complexity index is 908. The number of piperidine rings is 1. The predicted octanol–water partition coefficient (Wildman–Crippen LogP) is 4.19. The highest BCUT2D eigenvalue weighted by atomic mass is 32.1. The number of rotatable bonds is 4. The van der Waals surface area contributed by atoms with Crippen molar-refractivity contribution in [2.45, 2.75) is 19.3 Å². The van der Waals surface area contributed by atoms with Crippen LogP contribution in [0.1, 0.15) is 28.9 Å². The van der Waals surface area contributed by atoms with Gasteiger partial charge in [-0.2, -0.15) is 0 Å². The summed E-state index contributed by atoms with van der Waals surface area (Å²) >= 11 is 2.94. The lowest BCUT2D eigenvalue weighted by Gasteiger charge is -2.26. The fraction of sp³-hybridized carbons (Fsp3) is 0.316. The number of amides is 1. The van der Waals surface area contributed by atoms with Gasteiger partial charge in [0.2, 0.25) is 0 Å². The maximum Gasteiger partial charge on any atom is 0.348 e. The molecule has 0 unspecified atom stereocenters. The van der Waals surface area contributed by atoms with Gasteiger partial charge in [0.05, 0.1) is 15.1 Å². The van der Waals surface area contributed by atoms with Crippen LogP contribution in [0.15, 0.2) is 36.4 Å². The summed E-state index contributed by atoms with van der Waals surface area (Å²) < 4.78 is 6.33. The van der Waals surface area contributed by atoms with Gasteiger partial charge in [-0.1, -0.05) is 12.1 Å². The van der Waals surface area contributed by atoms with E-state index in [9.17, 15) is 9.59 Å². The van der Waals surface area contributed by atoms with Crippen molar-refractivity contribution in [2.75, 3.05) is 19.7 Å². The highest BCUT2D eigenvalue weighted by Crippen LogP contribution is 2.34. The average Bonchev–Trinajstić information content (AvgIpc) is 3.33. The maximum atomic E-state index is 12.2. The number of carbonyl (C=O) groups is 2. The molecule has 3 heterocycles. The molecule has 1 aliphatic rings. The van der Waals surface area contributed by atoms with E-state index in [2.05, 4.69) is 4.98 Å². The van der Waals surface area contributed by atoms with Gasteiger partial charge in [-0.05, 0) is 43.5 Å². The Balaban J connectivity index is 1.40. The molecule has 26 heavy (non-hydrogen) atoms. The summed E-state index contributed by atoms with van der Waals surface area (Å²) in [5, 5.41) is 0.889. The number of benzene rings is 1. The third-order valence-electron chi connectivity index (χ3n) is 4.35. The number of aromatic nitrogens is 1. The fourth-order valence-electron chi connectivity index (χ4n) is 2.97. The van der Waals surface area contributed by atoms with Crippen LogP contribution in [0.2, 0.25) is 0 Å². The highest BCUT2D eigenvalue weighted by Gasteiger charge is 2.19. The van der Waals surface area contributed by atoms with E-state index < -0.39 is 5.97 Å². The first-order valence-corrected chi connectivity index (χ1v) is 10.2. The molecule has 0 atom stereocenters. The molecular formula is C19H18N2O3S2. The molecule has 1 amide bonds. The summed E-state index contributed by atoms with van der Waals surface area (Å²) in [5.41, 5.74) is 0.956. The largest absolute Gasteiger partial charge is 0.451 e. The van der Waals surface area contributed by atoms with Gasteiger partial charge in [-0.25, -0.2) is 9.78 Å². The number of thiazole rings is 1. The molecule has 0 bridgehead atoms. The number of carbonyl (C=O) groups excluding carboxylic acids is 2. The van der Waals surface area contributed by atoms with Crippen LogP contribution < -0.4 is 0 Å². The van der Waals surface area contributed by atoms with Gasteiger partial charge in [0.1, 0.15) is 9.88 Å². The van der Waals surface area contributed by atoms with E-state index in [4.69, 9.17) is 4.74 Å². The van der Waals surface area contributed by atoms with Crippen molar-refractivity contribution in [3.05, 3.63) is 41.3 Å². The Kier molecular flexibility index (Phi) is 4.99. The molecule has 2 aromatic heterocycles. The topological polar surface area (TPSA) is 59.5 Å². The molecule has 1 fully saturated rings. The van der Waals surface area contributed by atoms with E-state index in [-0.39, 0.29) is 12.5 Å². The number of hydrogen-bond acceptors (Lipinski definition) is 6. The van der Waals surface area contributed by atoms with Crippen molar-refractivity contribution in [2.24, 2.45) is 0 Å². The second-order valence-corrected chi connectivity index (χ2v) is 8.28. The number of para-hydroxylation sites is 1. The summed E-state index contributed by atoms with van der Waals surface area (Å²) in [6, 6.07) is 11.6. The van der Waals surface area contributed by atoms with Crippen LogP contribution in [0.5, 0.6) is 0 Å². The Hall–Kier alpha value is -2.25. The summed E-state index contributed by atoms with van der Waals surface area (Å²) in [7, 11) is 0. The SMILES string of the molecule is O=C(OCC(=O)N1CCCCC1)c1ccc(-c2nc3ccccc3s2)s1. The van der Waals surface area contributed by atoms with Gasteiger partial charge >= 0.3 is 5.97 Å². The minimum Gasteiger partial charge on any atom is -0.451 e. The first kappa shape index (κ1) is 17.2. The van der Waals surface area contributed by atoms with Crippen molar-refractivity contribution in [3.63, 3.8) is 0 Å². The Labute approximate surface area is 159 Å². The number of nitrogens with zero attached hydrogens (tertiary/aromatic N) is 2. The first-order valence-electron chi connectivity index (χ1n) is 8.61. The lowest BCUT2D eigenvalue weighted by atomic mass is 10.1. The first-order chi connectivity index (χ1) is 12.7. The van der Waals surface area contributed by atoms with Crippen LogP contribution in [-0.4, -0.2) is 41.5 Å². The highest BCUT2D eigenvalue weighted by molar-refractivity contribution is 7.26. The summed E-state index contributed by atoms with van der Waals surface area (Å²) in [5.74, 6) is -0.561. The number of esters is 1. The number of fused-ring (bicyclic) bond motifs is 1. The average molecular weight is 386 g/mol. The van der Waals surface area contributed by atoms with E-state index in [1.165, 1.54) is 11.3 Å². The molecule has 0 N–H and O–H groups in total. The van der Waals surface area contributed by atoms with Crippen molar-refractivity contribution < 1.29 is 14.3 Å². The molecule has 1 aromatic carbocycles. The molecule has 1 saturated heterocycles. The lowest BCUT2D eigenvalue weighted by molar-refractivity contribution is -0.135.